The average molecular weight is 245 g/mol. The molecule has 2 aliphatic rings. The molecule has 0 radical (unpaired) electrons. The molecule has 1 aromatic carbocycles. The molecule has 2 heterocycles. The topological polar surface area (TPSA) is 30.5 Å². The average Bonchev–Trinajstić information content (AvgIpc) is 2.85. The molecule has 3 rings (SSSR count). The largest absolute Gasteiger partial charge is 0.497 e. The molecule has 0 fully saturated rings. The Morgan fingerprint density at radius 2 is 2.17 bits per heavy atom. The van der Waals surface area contributed by atoms with Crippen molar-refractivity contribution in [3.63, 3.8) is 0 Å². The number of benzene rings is 1. The lowest BCUT2D eigenvalue weighted by molar-refractivity contribution is 0.157. The number of rotatable bonds is 3. The van der Waals surface area contributed by atoms with Gasteiger partial charge in [0.2, 0.25) is 0 Å². The van der Waals surface area contributed by atoms with Gasteiger partial charge >= 0.3 is 0 Å². The number of fused-ring (bicyclic) bond motifs is 1. The number of hydrogen-bond donors (Lipinski definition) is 1. The molecule has 3 heteroatoms. The summed E-state index contributed by atoms with van der Waals surface area (Å²) in [6.45, 7) is 1.56. The molecule has 0 spiro atoms. The number of likely N-dealkylation sites (N-methyl/N-ethyl adjacent to an activating group) is 1. The first-order valence-electron chi connectivity index (χ1n) is 6.62. The molecule has 96 valence electrons. The van der Waals surface area contributed by atoms with Gasteiger partial charge in [-0.15, -0.1) is 0 Å². The number of nitrogens with one attached hydrogen (secondary N) is 1. The molecular weight excluding hydrogens is 226 g/mol. The van der Waals surface area contributed by atoms with Crippen LogP contribution in [0.2, 0.25) is 0 Å². The zero-order valence-corrected chi connectivity index (χ0v) is 10.7. The van der Waals surface area contributed by atoms with E-state index >= 15 is 0 Å². The summed E-state index contributed by atoms with van der Waals surface area (Å²) in [4.78, 5) is 0. The lowest BCUT2D eigenvalue weighted by Crippen LogP contribution is -2.36. The molecule has 2 atom stereocenters. The van der Waals surface area contributed by atoms with E-state index in [4.69, 9.17) is 9.47 Å². The molecule has 3 nitrogen and oxygen atoms in total. The van der Waals surface area contributed by atoms with Crippen molar-refractivity contribution in [1.82, 2.24) is 5.32 Å². The lowest BCUT2D eigenvalue weighted by Gasteiger charge is -2.27. The molecule has 1 N–H and O–H groups in total. The maximum Gasteiger partial charge on any atom is 0.122 e. The standard InChI is InChI=1S/C15H19NO2/c1-16-15(14-8-4-5-9-17-14)12-10-18-13-7-3-2-6-11(12)13/h2-3,6-8,12,15-16H,4-5,9-10H2,1H3. The van der Waals surface area contributed by atoms with Gasteiger partial charge in [-0.05, 0) is 32.0 Å². The summed E-state index contributed by atoms with van der Waals surface area (Å²) in [5.74, 6) is 2.43. The highest BCUT2D eigenvalue weighted by molar-refractivity contribution is 5.41. The summed E-state index contributed by atoms with van der Waals surface area (Å²) < 4.78 is 11.6. The van der Waals surface area contributed by atoms with Crippen molar-refractivity contribution in [3.05, 3.63) is 41.7 Å². The Morgan fingerprint density at radius 3 is 2.94 bits per heavy atom. The highest BCUT2D eigenvalue weighted by Crippen LogP contribution is 2.38. The SMILES string of the molecule is CNC(C1=CCCCO1)C1COc2ccccc21. The van der Waals surface area contributed by atoms with Crippen molar-refractivity contribution in [2.45, 2.75) is 24.8 Å². The third-order valence-corrected chi connectivity index (χ3v) is 3.72. The van der Waals surface area contributed by atoms with E-state index in [0.717, 1.165) is 37.6 Å². The van der Waals surface area contributed by atoms with E-state index in [9.17, 15) is 0 Å². The zero-order valence-electron chi connectivity index (χ0n) is 10.7. The zero-order chi connectivity index (χ0) is 12.4. The third kappa shape index (κ3) is 1.99. The van der Waals surface area contributed by atoms with Crippen molar-refractivity contribution in [2.24, 2.45) is 0 Å². The molecule has 2 aliphatic heterocycles. The summed E-state index contributed by atoms with van der Waals surface area (Å²) in [5.41, 5.74) is 1.28. The van der Waals surface area contributed by atoms with E-state index in [0.29, 0.717) is 5.92 Å². The predicted molar refractivity (Wildman–Crippen MR) is 70.8 cm³/mol. The number of allylic oxidation sites excluding steroid dienone is 1. The number of hydrogen-bond acceptors (Lipinski definition) is 3. The molecule has 0 saturated heterocycles. The maximum absolute atomic E-state index is 5.80. The van der Waals surface area contributed by atoms with Crippen molar-refractivity contribution >= 4 is 0 Å². The van der Waals surface area contributed by atoms with E-state index in [-0.39, 0.29) is 6.04 Å². The molecule has 0 saturated carbocycles. The molecule has 1 aromatic rings. The number of ether oxygens (including phenoxy) is 2. The minimum Gasteiger partial charge on any atom is -0.497 e. The van der Waals surface area contributed by atoms with E-state index in [1.54, 1.807) is 0 Å². The Morgan fingerprint density at radius 1 is 1.28 bits per heavy atom. The Labute approximate surface area is 108 Å². The van der Waals surface area contributed by atoms with Gasteiger partial charge in [-0.2, -0.15) is 0 Å². The van der Waals surface area contributed by atoms with Crippen LogP contribution in [0.5, 0.6) is 5.75 Å². The second kappa shape index (κ2) is 5.02. The third-order valence-electron chi connectivity index (χ3n) is 3.72. The van der Waals surface area contributed by atoms with E-state index in [1.807, 2.05) is 19.2 Å². The van der Waals surface area contributed by atoms with E-state index in [2.05, 4.69) is 23.5 Å². The van der Waals surface area contributed by atoms with Crippen LogP contribution in [0.25, 0.3) is 0 Å². The van der Waals surface area contributed by atoms with E-state index < -0.39 is 0 Å². The quantitative estimate of drug-likeness (QED) is 0.887. The first-order chi connectivity index (χ1) is 8.90. The first-order valence-corrected chi connectivity index (χ1v) is 6.62. The monoisotopic (exact) mass is 245 g/mol. The first kappa shape index (κ1) is 11.6. The van der Waals surface area contributed by atoms with E-state index in [1.165, 1.54) is 5.56 Å². The molecule has 0 bridgehead atoms. The minimum absolute atomic E-state index is 0.217. The molecule has 18 heavy (non-hydrogen) atoms. The fourth-order valence-electron chi connectivity index (χ4n) is 2.80. The Hall–Kier alpha value is -1.48. The lowest BCUT2D eigenvalue weighted by atomic mass is 9.91. The van der Waals surface area contributed by atoms with Crippen LogP contribution in [0.3, 0.4) is 0 Å². The molecule has 0 aromatic heterocycles. The maximum atomic E-state index is 5.80. The van der Waals surface area contributed by atoms with Gasteiger partial charge in [0.25, 0.3) is 0 Å². The highest BCUT2D eigenvalue weighted by Gasteiger charge is 2.33. The molecule has 2 unspecified atom stereocenters. The molecule has 0 aliphatic carbocycles. The summed E-state index contributed by atoms with van der Waals surface area (Å²) in [6.07, 6.45) is 4.45. The van der Waals surface area contributed by atoms with Crippen LogP contribution < -0.4 is 10.1 Å². The van der Waals surface area contributed by atoms with Gasteiger partial charge in [-0.3, -0.25) is 0 Å². The smallest absolute Gasteiger partial charge is 0.122 e. The summed E-state index contributed by atoms with van der Waals surface area (Å²) in [7, 11) is 1.99. The Bertz CT molecular complexity index is 456. The van der Waals surface area contributed by atoms with Gasteiger partial charge in [-0.1, -0.05) is 18.2 Å². The van der Waals surface area contributed by atoms with Crippen molar-refractivity contribution in [1.29, 1.82) is 0 Å². The molecular formula is C15H19NO2. The predicted octanol–water partition coefficient (Wildman–Crippen LogP) is 2.44. The van der Waals surface area contributed by atoms with Crippen LogP contribution in [0.4, 0.5) is 0 Å². The van der Waals surface area contributed by atoms with Crippen LogP contribution in [-0.4, -0.2) is 26.3 Å². The van der Waals surface area contributed by atoms with Gasteiger partial charge in [-0.25, -0.2) is 0 Å². The van der Waals surface area contributed by atoms with Crippen molar-refractivity contribution in [2.75, 3.05) is 20.3 Å². The van der Waals surface area contributed by atoms with Crippen molar-refractivity contribution in [3.8, 4) is 5.75 Å². The normalized spacial score (nSPS) is 23.6. The second-order valence-corrected chi connectivity index (χ2v) is 4.82. The van der Waals surface area contributed by atoms with Crippen LogP contribution in [-0.2, 0) is 4.74 Å². The summed E-state index contributed by atoms with van der Waals surface area (Å²) >= 11 is 0. The van der Waals surface area contributed by atoms with Crippen LogP contribution in [0.15, 0.2) is 36.1 Å². The van der Waals surface area contributed by atoms with Crippen LogP contribution >= 0.6 is 0 Å². The molecule has 0 amide bonds. The summed E-state index contributed by atoms with van der Waals surface area (Å²) in [6, 6.07) is 8.50. The Balaban J connectivity index is 1.87. The van der Waals surface area contributed by atoms with Gasteiger partial charge < -0.3 is 14.8 Å². The van der Waals surface area contributed by atoms with Gasteiger partial charge in [0, 0.05) is 11.5 Å². The highest BCUT2D eigenvalue weighted by atomic mass is 16.5. The van der Waals surface area contributed by atoms with Gasteiger partial charge in [0.15, 0.2) is 0 Å². The van der Waals surface area contributed by atoms with Crippen molar-refractivity contribution < 1.29 is 9.47 Å². The fraction of sp³-hybridized carbons (Fsp3) is 0.467. The van der Waals surface area contributed by atoms with Crippen LogP contribution in [0, 0.1) is 0 Å². The fourth-order valence-corrected chi connectivity index (χ4v) is 2.80. The Kier molecular flexibility index (Phi) is 3.24. The minimum atomic E-state index is 0.217. The van der Waals surface area contributed by atoms with Gasteiger partial charge in [0.1, 0.15) is 11.5 Å². The second-order valence-electron chi connectivity index (χ2n) is 4.82. The summed E-state index contributed by atoms with van der Waals surface area (Å²) in [5, 5.41) is 3.38. The number of para-hydroxylation sites is 1. The van der Waals surface area contributed by atoms with Gasteiger partial charge in [0.05, 0.1) is 19.3 Å². The van der Waals surface area contributed by atoms with Crippen LogP contribution in [0.1, 0.15) is 24.3 Å².